The Morgan fingerprint density at radius 1 is 1.07 bits per heavy atom. The third kappa shape index (κ3) is 4.61. The predicted octanol–water partition coefficient (Wildman–Crippen LogP) is 4.81. The zero-order valence-corrected chi connectivity index (χ0v) is 16.4. The summed E-state index contributed by atoms with van der Waals surface area (Å²) < 4.78 is 0. The Morgan fingerprint density at radius 2 is 1.78 bits per heavy atom. The highest BCUT2D eigenvalue weighted by Gasteiger charge is 2.35. The molecule has 0 aromatic heterocycles. The van der Waals surface area contributed by atoms with E-state index < -0.39 is 5.97 Å². The van der Waals surface area contributed by atoms with Gasteiger partial charge in [0.15, 0.2) is 5.71 Å². The van der Waals surface area contributed by atoms with Crippen LogP contribution in [0.1, 0.15) is 24.0 Å². The summed E-state index contributed by atoms with van der Waals surface area (Å²) in [6.07, 6.45) is 0.607. The molecule has 0 radical (unpaired) electrons. The van der Waals surface area contributed by atoms with Crippen LogP contribution < -0.4 is 4.90 Å². The number of carbonyl (C=O) groups is 2. The summed E-state index contributed by atoms with van der Waals surface area (Å²) >= 11 is 17.5. The molecule has 2 aromatic rings. The van der Waals surface area contributed by atoms with Crippen molar-refractivity contribution in [3.8, 4) is 0 Å². The van der Waals surface area contributed by atoms with Gasteiger partial charge in [0, 0.05) is 27.9 Å². The normalized spacial score (nSPS) is 14.6. The third-order valence-electron chi connectivity index (χ3n) is 3.96. The van der Waals surface area contributed by atoms with Gasteiger partial charge in [0.2, 0.25) is 0 Å². The molecule has 0 N–H and O–H groups in total. The molecule has 0 saturated carbocycles. The highest BCUT2D eigenvalue weighted by atomic mass is 35.5. The fraction of sp³-hybridized carbons (Fsp3) is 0.211. The van der Waals surface area contributed by atoms with Gasteiger partial charge in [-0.15, -0.1) is 11.6 Å². The van der Waals surface area contributed by atoms with Crippen LogP contribution in [0.2, 0.25) is 10.0 Å². The van der Waals surface area contributed by atoms with Crippen molar-refractivity contribution < 1.29 is 14.4 Å². The minimum Gasteiger partial charge on any atom is -0.317 e. The SMILES string of the molecule is O=C(CCCCl)ON=C1C(=O)N(Cc2ccc(Cl)cc2)c2ccc(Cl)cc21. The molecule has 1 heterocycles. The van der Waals surface area contributed by atoms with E-state index in [9.17, 15) is 9.59 Å². The number of carbonyl (C=O) groups excluding carboxylic acids is 2. The Bertz CT molecular complexity index is 898. The molecule has 0 aliphatic carbocycles. The van der Waals surface area contributed by atoms with Crippen LogP contribution in [0.15, 0.2) is 47.6 Å². The summed E-state index contributed by atoms with van der Waals surface area (Å²) in [4.78, 5) is 31.0. The van der Waals surface area contributed by atoms with Gasteiger partial charge in [-0.1, -0.05) is 40.5 Å². The lowest BCUT2D eigenvalue weighted by atomic mass is 10.1. The average molecular weight is 426 g/mol. The van der Waals surface area contributed by atoms with Crippen LogP contribution in [0, 0.1) is 0 Å². The van der Waals surface area contributed by atoms with Crippen molar-refractivity contribution >= 4 is 58.1 Å². The average Bonchev–Trinajstić information content (AvgIpc) is 2.91. The van der Waals surface area contributed by atoms with Crippen molar-refractivity contribution in [2.24, 2.45) is 5.16 Å². The van der Waals surface area contributed by atoms with E-state index in [1.165, 1.54) is 0 Å². The van der Waals surface area contributed by atoms with Crippen molar-refractivity contribution in [3.63, 3.8) is 0 Å². The zero-order chi connectivity index (χ0) is 19.4. The van der Waals surface area contributed by atoms with Crippen LogP contribution in [0.4, 0.5) is 5.69 Å². The fourth-order valence-electron chi connectivity index (χ4n) is 2.66. The van der Waals surface area contributed by atoms with Gasteiger partial charge in [0.1, 0.15) is 0 Å². The number of rotatable bonds is 6. The highest BCUT2D eigenvalue weighted by molar-refractivity contribution is 6.54. The second-order valence-corrected chi connectivity index (χ2v) is 7.13. The Morgan fingerprint density at radius 3 is 2.48 bits per heavy atom. The Labute approximate surface area is 171 Å². The molecule has 3 rings (SSSR count). The molecule has 27 heavy (non-hydrogen) atoms. The molecular weight excluding hydrogens is 411 g/mol. The Kier molecular flexibility index (Phi) is 6.37. The minimum absolute atomic E-state index is 0.0423. The van der Waals surface area contributed by atoms with Crippen molar-refractivity contribution in [1.82, 2.24) is 0 Å². The number of oxime groups is 1. The Hall–Kier alpha value is -2.08. The number of amides is 1. The summed E-state index contributed by atoms with van der Waals surface area (Å²) in [6, 6.07) is 12.3. The van der Waals surface area contributed by atoms with Crippen LogP contribution in [-0.4, -0.2) is 23.5 Å². The fourth-order valence-corrected chi connectivity index (χ4v) is 3.09. The van der Waals surface area contributed by atoms with Crippen LogP contribution in [0.3, 0.4) is 0 Å². The summed E-state index contributed by atoms with van der Waals surface area (Å²) in [7, 11) is 0. The first-order valence-corrected chi connectivity index (χ1v) is 9.48. The zero-order valence-electron chi connectivity index (χ0n) is 14.1. The molecule has 0 unspecified atom stereocenters. The number of nitrogens with zero attached hydrogens (tertiary/aromatic N) is 2. The van der Waals surface area contributed by atoms with E-state index in [1.54, 1.807) is 35.2 Å². The molecule has 1 aliphatic rings. The molecule has 0 bridgehead atoms. The van der Waals surface area contributed by atoms with Gasteiger partial charge < -0.3 is 9.74 Å². The molecule has 2 aromatic carbocycles. The van der Waals surface area contributed by atoms with Crippen molar-refractivity contribution in [1.29, 1.82) is 0 Å². The number of hydrogen-bond acceptors (Lipinski definition) is 4. The van der Waals surface area contributed by atoms with Crippen molar-refractivity contribution in [2.45, 2.75) is 19.4 Å². The molecule has 5 nitrogen and oxygen atoms in total. The maximum absolute atomic E-state index is 12.9. The van der Waals surface area contributed by atoms with Gasteiger partial charge in [0.25, 0.3) is 5.91 Å². The molecule has 0 atom stereocenters. The predicted molar refractivity (Wildman–Crippen MR) is 107 cm³/mol. The molecular formula is C19H15Cl3N2O3. The Balaban J connectivity index is 1.88. The lowest BCUT2D eigenvalue weighted by Crippen LogP contribution is -2.29. The standard InChI is InChI=1S/C19H15Cl3N2O3/c20-9-1-2-17(25)27-23-18-15-10-14(22)7-8-16(15)24(19(18)26)11-12-3-5-13(21)6-4-12/h3-8,10H,1-2,9,11H2. The molecule has 1 amide bonds. The van der Waals surface area contributed by atoms with Gasteiger partial charge >= 0.3 is 5.97 Å². The molecule has 0 saturated heterocycles. The number of benzene rings is 2. The van der Waals surface area contributed by atoms with Crippen LogP contribution in [0.5, 0.6) is 0 Å². The number of alkyl halides is 1. The van der Waals surface area contributed by atoms with E-state index in [4.69, 9.17) is 39.6 Å². The largest absolute Gasteiger partial charge is 0.335 e. The molecule has 140 valence electrons. The van der Waals surface area contributed by atoms with E-state index in [0.29, 0.717) is 40.1 Å². The van der Waals surface area contributed by atoms with Crippen molar-refractivity contribution in [3.05, 3.63) is 63.6 Å². The van der Waals surface area contributed by atoms with Gasteiger partial charge in [0.05, 0.1) is 12.2 Å². The number of anilines is 1. The first-order valence-electron chi connectivity index (χ1n) is 8.19. The quantitative estimate of drug-likeness (QED) is 0.379. The number of hydrogen-bond donors (Lipinski definition) is 0. The van der Waals surface area contributed by atoms with Gasteiger partial charge in [-0.05, 0) is 42.3 Å². The first-order chi connectivity index (χ1) is 13.0. The minimum atomic E-state index is -0.546. The summed E-state index contributed by atoms with van der Waals surface area (Å²) in [6.45, 7) is 0.323. The molecule has 1 aliphatic heterocycles. The monoisotopic (exact) mass is 424 g/mol. The molecule has 8 heteroatoms. The molecule has 0 fully saturated rings. The maximum atomic E-state index is 12.9. The van der Waals surface area contributed by atoms with Gasteiger partial charge in [-0.2, -0.15) is 0 Å². The van der Waals surface area contributed by atoms with E-state index in [-0.39, 0.29) is 18.0 Å². The smallest absolute Gasteiger partial charge is 0.317 e. The second kappa shape index (κ2) is 8.74. The second-order valence-electron chi connectivity index (χ2n) is 5.87. The number of halogens is 3. The lowest BCUT2D eigenvalue weighted by molar-refractivity contribution is -0.143. The van der Waals surface area contributed by atoms with E-state index >= 15 is 0 Å². The van der Waals surface area contributed by atoms with E-state index in [2.05, 4.69) is 5.16 Å². The maximum Gasteiger partial charge on any atom is 0.335 e. The first kappa shape index (κ1) is 19.7. The van der Waals surface area contributed by atoms with E-state index in [0.717, 1.165) is 5.56 Å². The van der Waals surface area contributed by atoms with Gasteiger partial charge in [-0.3, -0.25) is 4.79 Å². The molecule has 0 spiro atoms. The summed E-state index contributed by atoms with van der Waals surface area (Å²) in [5.74, 6) is -0.569. The van der Waals surface area contributed by atoms with Crippen LogP contribution >= 0.6 is 34.8 Å². The summed E-state index contributed by atoms with van der Waals surface area (Å²) in [5.41, 5.74) is 2.11. The lowest BCUT2D eigenvalue weighted by Gasteiger charge is -2.17. The van der Waals surface area contributed by atoms with E-state index in [1.807, 2.05) is 12.1 Å². The summed E-state index contributed by atoms with van der Waals surface area (Å²) in [5, 5.41) is 4.87. The van der Waals surface area contributed by atoms with Gasteiger partial charge in [-0.25, -0.2) is 4.79 Å². The third-order valence-corrected chi connectivity index (χ3v) is 4.71. The highest BCUT2D eigenvalue weighted by Crippen LogP contribution is 2.33. The van der Waals surface area contributed by atoms with Crippen molar-refractivity contribution in [2.75, 3.05) is 10.8 Å². The topological polar surface area (TPSA) is 59.0 Å². The number of fused-ring (bicyclic) bond motifs is 1. The van der Waals surface area contributed by atoms with Crippen LogP contribution in [-0.2, 0) is 21.0 Å². The van der Waals surface area contributed by atoms with Crippen LogP contribution in [0.25, 0.3) is 0 Å².